The number of hydrogen-bond acceptors (Lipinski definition) is 2. The summed E-state index contributed by atoms with van der Waals surface area (Å²) in [6.45, 7) is 6.19. The van der Waals surface area contributed by atoms with E-state index in [0.717, 1.165) is 12.0 Å². The molecule has 0 spiro atoms. The van der Waals surface area contributed by atoms with E-state index in [9.17, 15) is 4.79 Å². The third-order valence-electron chi connectivity index (χ3n) is 3.72. The maximum Gasteiger partial charge on any atom is 0.240 e. The zero-order valence-corrected chi connectivity index (χ0v) is 11.8. The van der Waals surface area contributed by atoms with E-state index in [4.69, 9.17) is 5.73 Å². The molecule has 1 aromatic rings. The zero-order valence-electron chi connectivity index (χ0n) is 11.8. The molecule has 2 N–H and O–H groups in total. The van der Waals surface area contributed by atoms with Crippen LogP contribution < -0.4 is 5.73 Å². The lowest BCUT2D eigenvalue weighted by molar-refractivity contribution is -0.136. The molecule has 0 unspecified atom stereocenters. The first-order chi connectivity index (χ1) is 8.38. The first-order valence-corrected chi connectivity index (χ1v) is 6.45. The zero-order chi connectivity index (χ0) is 13.8. The van der Waals surface area contributed by atoms with Crippen molar-refractivity contribution in [2.75, 3.05) is 7.05 Å². The first-order valence-electron chi connectivity index (χ1n) is 6.45. The fourth-order valence-corrected chi connectivity index (χ4v) is 1.74. The second-order valence-corrected chi connectivity index (χ2v) is 5.36. The fraction of sp³-hybridized carbons (Fsp3) is 0.533. The van der Waals surface area contributed by atoms with E-state index in [-0.39, 0.29) is 11.4 Å². The SMILES string of the molecule is CCC(C)(C)N(C)C(=O)[C@@H](N)Cc1ccccc1. The number of nitrogens with zero attached hydrogens (tertiary/aromatic N) is 1. The van der Waals surface area contributed by atoms with Gasteiger partial charge in [-0.2, -0.15) is 0 Å². The molecular weight excluding hydrogens is 224 g/mol. The van der Waals surface area contributed by atoms with E-state index in [2.05, 4.69) is 20.8 Å². The quantitative estimate of drug-likeness (QED) is 0.868. The van der Waals surface area contributed by atoms with Gasteiger partial charge in [-0.1, -0.05) is 37.3 Å². The van der Waals surface area contributed by atoms with Crippen molar-refractivity contribution in [2.24, 2.45) is 5.73 Å². The second-order valence-electron chi connectivity index (χ2n) is 5.36. The average Bonchev–Trinajstić information content (AvgIpc) is 2.38. The molecule has 1 atom stereocenters. The van der Waals surface area contributed by atoms with Gasteiger partial charge >= 0.3 is 0 Å². The van der Waals surface area contributed by atoms with Crippen molar-refractivity contribution < 1.29 is 4.79 Å². The third kappa shape index (κ3) is 3.57. The Kier molecular flexibility index (Phi) is 4.91. The molecule has 0 saturated heterocycles. The predicted octanol–water partition coefficient (Wildman–Crippen LogP) is 2.20. The summed E-state index contributed by atoms with van der Waals surface area (Å²) in [5.41, 5.74) is 6.96. The molecule has 0 radical (unpaired) electrons. The van der Waals surface area contributed by atoms with Gasteiger partial charge in [0.1, 0.15) is 0 Å². The summed E-state index contributed by atoms with van der Waals surface area (Å²) in [7, 11) is 1.83. The maximum atomic E-state index is 12.3. The second kappa shape index (κ2) is 6.01. The number of rotatable bonds is 5. The van der Waals surface area contributed by atoms with E-state index in [1.54, 1.807) is 4.90 Å². The summed E-state index contributed by atoms with van der Waals surface area (Å²) >= 11 is 0. The monoisotopic (exact) mass is 248 g/mol. The Morgan fingerprint density at radius 3 is 2.39 bits per heavy atom. The highest BCUT2D eigenvalue weighted by Crippen LogP contribution is 2.17. The van der Waals surface area contributed by atoms with Gasteiger partial charge < -0.3 is 10.6 Å². The van der Waals surface area contributed by atoms with E-state index < -0.39 is 6.04 Å². The van der Waals surface area contributed by atoms with Crippen LogP contribution >= 0.6 is 0 Å². The van der Waals surface area contributed by atoms with Crippen LogP contribution in [-0.4, -0.2) is 29.4 Å². The Hall–Kier alpha value is -1.35. The Bertz CT molecular complexity index is 387. The number of benzene rings is 1. The van der Waals surface area contributed by atoms with Crippen LogP contribution in [0, 0.1) is 0 Å². The summed E-state index contributed by atoms with van der Waals surface area (Å²) in [6, 6.07) is 9.42. The van der Waals surface area contributed by atoms with Crippen LogP contribution in [0.25, 0.3) is 0 Å². The molecule has 0 aromatic heterocycles. The van der Waals surface area contributed by atoms with Gasteiger partial charge in [0.05, 0.1) is 6.04 Å². The maximum absolute atomic E-state index is 12.3. The smallest absolute Gasteiger partial charge is 0.240 e. The van der Waals surface area contributed by atoms with E-state index in [1.165, 1.54) is 0 Å². The van der Waals surface area contributed by atoms with Gasteiger partial charge in [-0.3, -0.25) is 4.79 Å². The Labute approximate surface area is 110 Å². The van der Waals surface area contributed by atoms with Crippen molar-refractivity contribution >= 4 is 5.91 Å². The van der Waals surface area contributed by atoms with Gasteiger partial charge in [0.25, 0.3) is 0 Å². The summed E-state index contributed by atoms with van der Waals surface area (Å²) in [6.07, 6.45) is 1.50. The van der Waals surface area contributed by atoms with Gasteiger partial charge in [-0.25, -0.2) is 0 Å². The molecule has 0 fully saturated rings. The van der Waals surface area contributed by atoms with Gasteiger partial charge in [-0.05, 0) is 32.3 Å². The number of hydrogen-bond donors (Lipinski definition) is 1. The van der Waals surface area contributed by atoms with Crippen molar-refractivity contribution in [3.05, 3.63) is 35.9 Å². The highest BCUT2D eigenvalue weighted by atomic mass is 16.2. The molecule has 18 heavy (non-hydrogen) atoms. The normalized spacial score (nSPS) is 13.2. The highest BCUT2D eigenvalue weighted by molar-refractivity contribution is 5.82. The van der Waals surface area contributed by atoms with Crippen molar-refractivity contribution in [2.45, 2.75) is 45.2 Å². The molecule has 0 heterocycles. The molecule has 3 nitrogen and oxygen atoms in total. The summed E-state index contributed by atoms with van der Waals surface area (Å²) in [4.78, 5) is 14.0. The Balaban J connectivity index is 2.67. The molecule has 1 rings (SSSR count). The van der Waals surface area contributed by atoms with Gasteiger partial charge in [0, 0.05) is 12.6 Å². The van der Waals surface area contributed by atoms with Gasteiger partial charge in [-0.15, -0.1) is 0 Å². The molecule has 1 aromatic carbocycles. The predicted molar refractivity (Wildman–Crippen MR) is 75.3 cm³/mol. The number of carbonyl (C=O) groups excluding carboxylic acids is 1. The van der Waals surface area contributed by atoms with Crippen LogP contribution in [0.15, 0.2) is 30.3 Å². The molecular formula is C15H24N2O. The van der Waals surface area contributed by atoms with E-state index >= 15 is 0 Å². The number of amides is 1. The van der Waals surface area contributed by atoms with Crippen LogP contribution in [-0.2, 0) is 11.2 Å². The third-order valence-corrected chi connectivity index (χ3v) is 3.72. The lowest BCUT2D eigenvalue weighted by Gasteiger charge is -2.36. The van der Waals surface area contributed by atoms with Gasteiger partial charge in [0.15, 0.2) is 0 Å². The molecule has 0 aliphatic heterocycles. The highest BCUT2D eigenvalue weighted by Gasteiger charge is 2.28. The van der Waals surface area contributed by atoms with E-state index in [1.807, 2.05) is 37.4 Å². The molecule has 1 amide bonds. The van der Waals surface area contributed by atoms with Crippen LogP contribution in [0.4, 0.5) is 0 Å². The summed E-state index contributed by atoms with van der Waals surface area (Å²) < 4.78 is 0. The standard InChI is InChI=1S/C15H24N2O/c1-5-15(2,3)17(4)14(18)13(16)11-12-9-7-6-8-10-12/h6-10,13H,5,11,16H2,1-4H3/t13-/m0/s1. The number of nitrogens with two attached hydrogens (primary N) is 1. The first kappa shape index (κ1) is 14.7. The van der Waals surface area contributed by atoms with Crippen molar-refractivity contribution in [1.29, 1.82) is 0 Å². The van der Waals surface area contributed by atoms with Crippen molar-refractivity contribution in [3.8, 4) is 0 Å². The lowest BCUT2D eigenvalue weighted by atomic mass is 9.97. The van der Waals surface area contributed by atoms with E-state index in [0.29, 0.717) is 6.42 Å². The Morgan fingerprint density at radius 1 is 1.33 bits per heavy atom. The minimum Gasteiger partial charge on any atom is -0.339 e. The van der Waals surface area contributed by atoms with Crippen molar-refractivity contribution in [1.82, 2.24) is 4.90 Å². The molecule has 0 aliphatic carbocycles. The van der Waals surface area contributed by atoms with Crippen LogP contribution in [0.1, 0.15) is 32.8 Å². The lowest BCUT2D eigenvalue weighted by Crippen LogP contribution is -2.51. The fourth-order valence-electron chi connectivity index (χ4n) is 1.74. The minimum absolute atomic E-state index is 0.00528. The van der Waals surface area contributed by atoms with Crippen LogP contribution in [0.5, 0.6) is 0 Å². The van der Waals surface area contributed by atoms with Crippen LogP contribution in [0.3, 0.4) is 0 Å². The minimum atomic E-state index is -0.469. The van der Waals surface area contributed by atoms with Gasteiger partial charge in [0.2, 0.25) is 5.91 Å². The molecule has 0 aliphatic rings. The molecule has 100 valence electrons. The topological polar surface area (TPSA) is 46.3 Å². The molecule has 3 heteroatoms. The van der Waals surface area contributed by atoms with Crippen molar-refractivity contribution in [3.63, 3.8) is 0 Å². The Morgan fingerprint density at radius 2 is 1.89 bits per heavy atom. The summed E-state index contributed by atoms with van der Waals surface area (Å²) in [5, 5.41) is 0. The largest absolute Gasteiger partial charge is 0.339 e. The molecule has 0 bridgehead atoms. The number of likely N-dealkylation sites (N-methyl/N-ethyl adjacent to an activating group) is 1. The average molecular weight is 248 g/mol. The molecule has 0 saturated carbocycles. The summed E-state index contributed by atoms with van der Waals surface area (Å²) in [5.74, 6) is 0.00528. The number of carbonyl (C=O) groups is 1. The van der Waals surface area contributed by atoms with Crippen LogP contribution in [0.2, 0.25) is 0 Å².